The number of ether oxygens (including phenoxy) is 1. The van der Waals surface area contributed by atoms with Crippen molar-refractivity contribution in [3.63, 3.8) is 0 Å². The molecular formula is C25H16BrClN2O5S. The lowest BCUT2D eigenvalue weighted by molar-refractivity contribution is 0.0554. The summed E-state index contributed by atoms with van der Waals surface area (Å²) in [6.07, 6.45) is 1.47. The van der Waals surface area contributed by atoms with E-state index in [2.05, 4.69) is 27.5 Å². The van der Waals surface area contributed by atoms with Gasteiger partial charge in [0.25, 0.3) is 5.91 Å². The van der Waals surface area contributed by atoms with Crippen molar-refractivity contribution in [2.75, 3.05) is 11.5 Å². The molecule has 0 fully saturated rings. The summed E-state index contributed by atoms with van der Waals surface area (Å²) < 4.78 is 11.9. The Morgan fingerprint density at radius 3 is 2.74 bits per heavy atom. The number of nitrogens with zero attached hydrogens (tertiary/aromatic N) is 2. The minimum atomic E-state index is -0.812. The van der Waals surface area contributed by atoms with Gasteiger partial charge < -0.3 is 9.15 Å². The number of hydrogen-bond acceptors (Lipinski definition) is 7. The van der Waals surface area contributed by atoms with Crippen molar-refractivity contribution < 1.29 is 18.7 Å². The molecule has 35 heavy (non-hydrogen) atoms. The van der Waals surface area contributed by atoms with Crippen LogP contribution in [-0.4, -0.2) is 23.5 Å². The highest BCUT2D eigenvalue weighted by atomic mass is 79.9. The van der Waals surface area contributed by atoms with Crippen LogP contribution in [0, 0.1) is 6.92 Å². The van der Waals surface area contributed by atoms with E-state index in [9.17, 15) is 14.4 Å². The third-order valence-electron chi connectivity index (χ3n) is 5.53. The zero-order valence-corrected chi connectivity index (χ0v) is 21.4. The minimum absolute atomic E-state index is 0.0503. The third kappa shape index (κ3) is 3.99. The number of carbonyl (C=O) groups is 2. The number of hydrogen-bond donors (Lipinski definition) is 0. The highest BCUT2D eigenvalue weighted by Gasteiger charge is 2.45. The van der Waals surface area contributed by atoms with Crippen LogP contribution >= 0.6 is 38.9 Å². The molecule has 2 aromatic carbocycles. The molecule has 0 saturated heterocycles. The first-order chi connectivity index (χ1) is 16.8. The van der Waals surface area contributed by atoms with Gasteiger partial charge in [-0.25, -0.2) is 9.78 Å². The Hall–Kier alpha value is -3.27. The fraction of sp³-hybridized carbons (Fsp3) is 0.120. The summed E-state index contributed by atoms with van der Waals surface area (Å²) in [6, 6.07) is 11.1. The van der Waals surface area contributed by atoms with Gasteiger partial charge in [0, 0.05) is 9.50 Å². The monoisotopic (exact) mass is 570 g/mol. The molecule has 0 saturated carbocycles. The van der Waals surface area contributed by atoms with Crippen LogP contribution in [0.3, 0.4) is 0 Å². The summed E-state index contributed by atoms with van der Waals surface area (Å²) >= 11 is 10.6. The number of halogens is 2. The first-order valence-corrected chi connectivity index (χ1v) is 12.4. The van der Waals surface area contributed by atoms with E-state index in [4.69, 9.17) is 20.8 Å². The zero-order chi connectivity index (χ0) is 24.9. The van der Waals surface area contributed by atoms with E-state index in [-0.39, 0.29) is 44.3 Å². The molecule has 10 heteroatoms. The molecule has 1 aliphatic rings. The van der Waals surface area contributed by atoms with Crippen molar-refractivity contribution in [2.45, 2.75) is 13.0 Å². The van der Waals surface area contributed by atoms with E-state index in [1.54, 1.807) is 19.1 Å². The number of aromatic nitrogens is 1. The number of rotatable bonds is 5. The Balaban J connectivity index is 1.72. The molecular weight excluding hydrogens is 556 g/mol. The summed E-state index contributed by atoms with van der Waals surface area (Å²) in [6.45, 7) is 5.25. The molecule has 1 unspecified atom stereocenters. The summed E-state index contributed by atoms with van der Waals surface area (Å²) in [4.78, 5) is 45.9. The first-order valence-electron chi connectivity index (χ1n) is 10.4. The predicted molar refractivity (Wildman–Crippen MR) is 138 cm³/mol. The topological polar surface area (TPSA) is 89.7 Å². The van der Waals surface area contributed by atoms with Gasteiger partial charge in [0.15, 0.2) is 10.6 Å². The smallest absolute Gasteiger partial charge is 0.350 e. The maximum absolute atomic E-state index is 13.7. The summed E-state index contributed by atoms with van der Waals surface area (Å²) in [5.74, 6) is -1.16. The van der Waals surface area contributed by atoms with Gasteiger partial charge in [-0.05, 0) is 42.8 Å². The lowest BCUT2D eigenvalue weighted by Crippen LogP contribution is -2.29. The number of esters is 1. The molecule has 0 aliphatic carbocycles. The molecule has 1 aliphatic heterocycles. The normalized spacial score (nSPS) is 14.9. The first kappa shape index (κ1) is 23.5. The van der Waals surface area contributed by atoms with Gasteiger partial charge in [0.05, 0.1) is 22.7 Å². The van der Waals surface area contributed by atoms with E-state index >= 15 is 0 Å². The number of carbonyl (C=O) groups excluding carboxylic acids is 2. The number of benzene rings is 2. The molecule has 7 nitrogen and oxygen atoms in total. The highest BCUT2D eigenvalue weighted by molar-refractivity contribution is 9.10. The second-order valence-electron chi connectivity index (χ2n) is 7.74. The maximum Gasteiger partial charge on any atom is 0.350 e. The van der Waals surface area contributed by atoms with E-state index in [0.29, 0.717) is 16.3 Å². The van der Waals surface area contributed by atoms with E-state index < -0.39 is 17.9 Å². The predicted octanol–water partition coefficient (Wildman–Crippen LogP) is 6.07. The Morgan fingerprint density at radius 2 is 2.03 bits per heavy atom. The molecule has 1 amide bonds. The summed E-state index contributed by atoms with van der Waals surface area (Å²) in [5.41, 5.74) is 1.18. The van der Waals surface area contributed by atoms with Gasteiger partial charge >= 0.3 is 5.97 Å². The SMILES string of the molecule is C=CCOC(=O)c1sc(N2C(=O)c3oc4ccc(Cl)cc4c(=O)c3C2c2ccc(Br)cc2)nc1C. The van der Waals surface area contributed by atoms with Crippen LogP contribution in [0.15, 0.2) is 68.8 Å². The third-order valence-corrected chi connectivity index (χ3v) is 7.43. The molecule has 5 rings (SSSR count). The molecule has 2 aromatic heterocycles. The van der Waals surface area contributed by atoms with Crippen LogP contribution in [0.4, 0.5) is 5.13 Å². The summed E-state index contributed by atoms with van der Waals surface area (Å²) in [5, 5.41) is 0.903. The van der Waals surface area contributed by atoms with Crippen molar-refractivity contribution in [3.8, 4) is 0 Å². The molecule has 0 bridgehead atoms. The number of anilines is 1. The van der Waals surface area contributed by atoms with Gasteiger partial charge in [0.1, 0.15) is 17.1 Å². The lowest BCUT2D eigenvalue weighted by Gasteiger charge is -2.22. The molecule has 4 aromatic rings. The molecule has 3 heterocycles. The van der Waals surface area contributed by atoms with Crippen molar-refractivity contribution in [1.82, 2.24) is 4.98 Å². The van der Waals surface area contributed by atoms with Gasteiger partial charge in [0.2, 0.25) is 5.76 Å². The molecule has 0 spiro atoms. The van der Waals surface area contributed by atoms with Gasteiger partial charge in [-0.1, -0.05) is 63.7 Å². The second-order valence-corrected chi connectivity index (χ2v) is 10.1. The number of thiazole rings is 1. The Kier molecular flexibility index (Phi) is 6.08. The Labute approximate surface area is 216 Å². The van der Waals surface area contributed by atoms with Crippen LogP contribution in [0.25, 0.3) is 11.0 Å². The standard InChI is InChI=1S/C25H16BrClN2O5S/c1-3-10-33-24(32)22-12(2)28-25(35-22)29-19(13-4-6-14(26)7-5-13)18-20(30)16-11-15(27)8-9-17(16)34-21(18)23(29)31/h3-9,11,19H,1,10H2,2H3. The van der Waals surface area contributed by atoms with Gasteiger partial charge in [-0.2, -0.15) is 0 Å². The average molecular weight is 572 g/mol. The lowest BCUT2D eigenvalue weighted by atomic mass is 9.99. The van der Waals surface area contributed by atoms with Crippen LogP contribution in [0.2, 0.25) is 5.02 Å². The van der Waals surface area contributed by atoms with Crippen molar-refractivity contribution in [2.24, 2.45) is 0 Å². The van der Waals surface area contributed by atoms with E-state index in [1.165, 1.54) is 17.0 Å². The molecule has 0 radical (unpaired) electrons. The fourth-order valence-electron chi connectivity index (χ4n) is 3.98. The number of amides is 1. The quantitative estimate of drug-likeness (QED) is 0.213. The Bertz CT molecular complexity index is 1580. The minimum Gasteiger partial charge on any atom is -0.457 e. The largest absolute Gasteiger partial charge is 0.457 e. The zero-order valence-electron chi connectivity index (χ0n) is 18.2. The molecule has 0 N–H and O–H groups in total. The highest BCUT2D eigenvalue weighted by Crippen LogP contribution is 2.43. The van der Waals surface area contributed by atoms with Crippen molar-refractivity contribution >= 4 is 66.8 Å². The van der Waals surface area contributed by atoms with Crippen LogP contribution < -0.4 is 10.3 Å². The van der Waals surface area contributed by atoms with E-state index in [0.717, 1.165) is 15.8 Å². The summed E-state index contributed by atoms with van der Waals surface area (Å²) in [7, 11) is 0. The Morgan fingerprint density at radius 1 is 1.29 bits per heavy atom. The maximum atomic E-state index is 13.7. The van der Waals surface area contributed by atoms with Gasteiger partial charge in [-0.3, -0.25) is 14.5 Å². The van der Waals surface area contributed by atoms with Gasteiger partial charge in [-0.15, -0.1) is 0 Å². The van der Waals surface area contributed by atoms with Crippen LogP contribution in [0.1, 0.15) is 43.1 Å². The molecule has 176 valence electrons. The van der Waals surface area contributed by atoms with Crippen LogP contribution in [-0.2, 0) is 4.74 Å². The van der Waals surface area contributed by atoms with Crippen molar-refractivity contribution in [1.29, 1.82) is 0 Å². The van der Waals surface area contributed by atoms with E-state index in [1.807, 2.05) is 24.3 Å². The number of fused-ring (bicyclic) bond motifs is 2. The molecule has 1 atom stereocenters. The van der Waals surface area contributed by atoms with Crippen molar-refractivity contribution in [3.05, 3.63) is 102 Å². The average Bonchev–Trinajstić information content (AvgIpc) is 3.36. The second kappa shape index (κ2) is 9.07. The van der Waals surface area contributed by atoms with Crippen LogP contribution in [0.5, 0.6) is 0 Å². The number of aryl methyl sites for hydroxylation is 1. The fourth-order valence-corrected chi connectivity index (χ4v) is 5.40.